The molecule has 1 rings (SSSR count). The Morgan fingerprint density at radius 3 is 2.30 bits per heavy atom. The van der Waals surface area contributed by atoms with Crippen molar-refractivity contribution < 1.29 is 0 Å². The van der Waals surface area contributed by atoms with Crippen LogP contribution in [0.1, 0.15) is 0 Å². The van der Waals surface area contributed by atoms with Gasteiger partial charge >= 0.3 is 0 Å². The molecule has 0 spiro atoms. The van der Waals surface area contributed by atoms with Gasteiger partial charge in [0.25, 0.3) is 0 Å². The van der Waals surface area contributed by atoms with Crippen molar-refractivity contribution in [2.24, 2.45) is 17.4 Å². The van der Waals surface area contributed by atoms with Crippen LogP contribution in [0.25, 0.3) is 0 Å². The molecule has 1 aliphatic carbocycles. The highest BCUT2D eigenvalue weighted by Crippen LogP contribution is 2.09. The molecular formula is C7H11N3. The fraction of sp³-hybridized carbons (Fsp3) is 0.286. The lowest BCUT2D eigenvalue weighted by Gasteiger charge is -2.17. The summed E-state index contributed by atoms with van der Waals surface area (Å²) in [6.45, 7) is 0. The van der Waals surface area contributed by atoms with E-state index in [1.165, 1.54) is 0 Å². The summed E-state index contributed by atoms with van der Waals surface area (Å²) in [5.74, 6) is 0.0260. The molecule has 0 saturated carbocycles. The fourth-order valence-corrected chi connectivity index (χ4v) is 0.935. The molecule has 0 aliphatic heterocycles. The molecule has 3 heteroatoms. The van der Waals surface area contributed by atoms with E-state index in [9.17, 15) is 0 Å². The number of nitrogens with two attached hydrogens (primary N) is 2. The third-order valence-corrected chi connectivity index (χ3v) is 1.54. The first kappa shape index (κ1) is 7.02. The average molecular weight is 137 g/mol. The van der Waals surface area contributed by atoms with Crippen LogP contribution in [0.15, 0.2) is 24.3 Å². The Hall–Kier alpha value is -1.09. The number of hydrogen-bond acceptors (Lipinski definition) is 2. The molecule has 2 unspecified atom stereocenters. The van der Waals surface area contributed by atoms with E-state index in [2.05, 4.69) is 0 Å². The highest BCUT2D eigenvalue weighted by atomic mass is 14.8. The fourth-order valence-electron chi connectivity index (χ4n) is 0.935. The van der Waals surface area contributed by atoms with Gasteiger partial charge in [-0.25, -0.2) is 0 Å². The lowest BCUT2D eigenvalue weighted by Crippen LogP contribution is -2.37. The van der Waals surface area contributed by atoms with E-state index in [0.29, 0.717) is 0 Å². The summed E-state index contributed by atoms with van der Waals surface area (Å²) < 4.78 is 0. The Bertz CT molecular complexity index is 193. The van der Waals surface area contributed by atoms with E-state index in [-0.39, 0.29) is 17.8 Å². The number of hydrogen-bond donors (Lipinski definition) is 3. The quantitative estimate of drug-likeness (QED) is 0.351. The van der Waals surface area contributed by atoms with Crippen molar-refractivity contribution in [3.05, 3.63) is 24.3 Å². The van der Waals surface area contributed by atoms with Crippen LogP contribution < -0.4 is 11.5 Å². The van der Waals surface area contributed by atoms with Crippen LogP contribution in [0.4, 0.5) is 0 Å². The molecule has 0 amide bonds. The van der Waals surface area contributed by atoms with E-state index in [4.69, 9.17) is 16.9 Å². The van der Waals surface area contributed by atoms with Gasteiger partial charge < -0.3 is 11.5 Å². The summed E-state index contributed by atoms with van der Waals surface area (Å²) in [5, 5.41) is 7.13. The molecule has 0 aromatic rings. The minimum Gasteiger partial charge on any atom is -0.387 e. The predicted octanol–water partition coefficient (Wildman–Crippen LogP) is -0.00813. The van der Waals surface area contributed by atoms with Gasteiger partial charge in [-0.3, -0.25) is 5.41 Å². The largest absolute Gasteiger partial charge is 0.387 e. The molecule has 3 nitrogen and oxygen atoms in total. The second-order valence-electron chi connectivity index (χ2n) is 2.33. The first-order valence-corrected chi connectivity index (χ1v) is 3.16. The van der Waals surface area contributed by atoms with E-state index < -0.39 is 0 Å². The Balaban J connectivity index is 2.70. The van der Waals surface area contributed by atoms with E-state index >= 15 is 0 Å². The first-order chi connectivity index (χ1) is 4.72. The maximum Gasteiger partial charge on any atom is 0.0995 e. The van der Waals surface area contributed by atoms with Gasteiger partial charge in [0.1, 0.15) is 0 Å². The Morgan fingerprint density at radius 2 is 1.90 bits per heavy atom. The van der Waals surface area contributed by atoms with Crippen LogP contribution in [0, 0.1) is 11.3 Å². The lowest BCUT2D eigenvalue weighted by atomic mass is 9.95. The Morgan fingerprint density at radius 1 is 1.30 bits per heavy atom. The summed E-state index contributed by atoms with van der Waals surface area (Å²) >= 11 is 0. The molecule has 2 atom stereocenters. The summed E-state index contributed by atoms with van der Waals surface area (Å²) in [5.41, 5.74) is 10.9. The van der Waals surface area contributed by atoms with Gasteiger partial charge in [-0.2, -0.15) is 0 Å². The van der Waals surface area contributed by atoms with Gasteiger partial charge in [0.2, 0.25) is 0 Å². The second kappa shape index (κ2) is 2.66. The van der Waals surface area contributed by atoms with Crippen molar-refractivity contribution in [3.63, 3.8) is 0 Å². The SMILES string of the molecule is N=C(N)C1C=CC=CC1N. The molecule has 0 aromatic carbocycles. The molecule has 0 saturated heterocycles. The second-order valence-corrected chi connectivity index (χ2v) is 2.33. The molecule has 1 aliphatic rings. The smallest absolute Gasteiger partial charge is 0.0995 e. The average Bonchev–Trinajstić information content (AvgIpc) is 1.88. The minimum atomic E-state index is -0.123. The van der Waals surface area contributed by atoms with Crippen molar-refractivity contribution in [2.45, 2.75) is 6.04 Å². The normalized spacial score (nSPS) is 30.5. The lowest BCUT2D eigenvalue weighted by molar-refractivity contribution is 0.709. The van der Waals surface area contributed by atoms with Crippen molar-refractivity contribution >= 4 is 5.84 Å². The summed E-state index contributed by atoms with van der Waals surface area (Å²) in [6.07, 6.45) is 7.40. The zero-order chi connectivity index (χ0) is 7.56. The monoisotopic (exact) mass is 137 g/mol. The standard InChI is InChI=1S/C7H11N3/c8-6-4-2-1-3-5(6)7(9)10/h1-6H,8H2,(H3,9,10). The van der Waals surface area contributed by atoms with Gasteiger partial charge in [-0.15, -0.1) is 0 Å². The number of amidine groups is 1. The number of nitrogens with one attached hydrogen (secondary N) is 1. The summed E-state index contributed by atoms with van der Waals surface area (Å²) in [4.78, 5) is 0. The maximum atomic E-state index is 7.13. The Kier molecular flexibility index (Phi) is 1.87. The molecule has 0 radical (unpaired) electrons. The van der Waals surface area contributed by atoms with Crippen LogP contribution in [0.2, 0.25) is 0 Å². The highest BCUT2D eigenvalue weighted by Gasteiger charge is 2.16. The van der Waals surface area contributed by atoms with Crippen LogP contribution in [-0.2, 0) is 0 Å². The third kappa shape index (κ3) is 1.25. The van der Waals surface area contributed by atoms with Crippen LogP contribution >= 0.6 is 0 Å². The summed E-state index contributed by atoms with van der Waals surface area (Å²) in [6, 6.07) is -0.123. The minimum absolute atomic E-state index is 0.106. The summed E-state index contributed by atoms with van der Waals surface area (Å²) in [7, 11) is 0. The van der Waals surface area contributed by atoms with Crippen LogP contribution in [0.3, 0.4) is 0 Å². The van der Waals surface area contributed by atoms with Crippen molar-refractivity contribution in [1.82, 2.24) is 0 Å². The number of rotatable bonds is 1. The molecular weight excluding hydrogens is 126 g/mol. The van der Waals surface area contributed by atoms with E-state index in [1.807, 2.05) is 24.3 Å². The maximum absolute atomic E-state index is 7.13. The van der Waals surface area contributed by atoms with Gasteiger partial charge in [0.05, 0.1) is 11.8 Å². The molecule has 0 bridgehead atoms. The number of allylic oxidation sites excluding steroid dienone is 2. The van der Waals surface area contributed by atoms with Crippen molar-refractivity contribution in [3.8, 4) is 0 Å². The van der Waals surface area contributed by atoms with Gasteiger partial charge in [-0.1, -0.05) is 24.3 Å². The van der Waals surface area contributed by atoms with Gasteiger partial charge in [0.15, 0.2) is 0 Å². The van der Waals surface area contributed by atoms with E-state index in [1.54, 1.807) is 0 Å². The van der Waals surface area contributed by atoms with Crippen molar-refractivity contribution in [2.75, 3.05) is 0 Å². The zero-order valence-electron chi connectivity index (χ0n) is 5.62. The van der Waals surface area contributed by atoms with E-state index in [0.717, 1.165) is 0 Å². The van der Waals surface area contributed by atoms with Crippen molar-refractivity contribution in [1.29, 1.82) is 5.41 Å². The first-order valence-electron chi connectivity index (χ1n) is 3.16. The van der Waals surface area contributed by atoms with Crippen LogP contribution in [0.5, 0.6) is 0 Å². The molecule has 5 N–H and O–H groups in total. The Labute approximate surface area is 59.9 Å². The molecule has 0 heterocycles. The van der Waals surface area contributed by atoms with Gasteiger partial charge in [0, 0.05) is 6.04 Å². The molecule has 54 valence electrons. The molecule has 0 aromatic heterocycles. The highest BCUT2D eigenvalue weighted by molar-refractivity contribution is 5.82. The topological polar surface area (TPSA) is 75.9 Å². The zero-order valence-corrected chi connectivity index (χ0v) is 5.62. The predicted molar refractivity (Wildman–Crippen MR) is 41.7 cm³/mol. The third-order valence-electron chi connectivity index (χ3n) is 1.54. The molecule has 10 heavy (non-hydrogen) atoms. The van der Waals surface area contributed by atoms with Crippen LogP contribution in [-0.4, -0.2) is 11.9 Å². The molecule has 0 fully saturated rings. The van der Waals surface area contributed by atoms with Gasteiger partial charge in [-0.05, 0) is 0 Å².